The molecule has 0 aromatic carbocycles. The highest BCUT2D eigenvalue weighted by molar-refractivity contribution is 7.13. The van der Waals surface area contributed by atoms with Gasteiger partial charge in [0.05, 0.1) is 9.90 Å². The topological polar surface area (TPSA) is 34.9 Å². The predicted molar refractivity (Wildman–Crippen MR) is 60.7 cm³/mol. The quantitative estimate of drug-likeness (QED) is 0.757. The highest BCUT2D eigenvalue weighted by atomic mass is 35.5. The summed E-state index contributed by atoms with van der Waals surface area (Å²) < 4.78 is 1.60. The number of halogens is 1. The SMILES string of the molecule is Cc1csc(C(=O)c2ccn(C)n2)c1Cl. The second kappa shape index (κ2) is 3.79. The molecule has 15 heavy (non-hydrogen) atoms. The van der Waals surface area contributed by atoms with Crippen LogP contribution < -0.4 is 0 Å². The molecule has 0 saturated heterocycles. The van der Waals surface area contributed by atoms with Gasteiger partial charge in [0.1, 0.15) is 5.69 Å². The summed E-state index contributed by atoms with van der Waals surface area (Å²) in [7, 11) is 1.78. The monoisotopic (exact) mass is 240 g/mol. The molecule has 0 amide bonds. The lowest BCUT2D eigenvalue weighted by Gasteiger charge is -1.94. The maximum absolute atomic E-state index is 11.9. The largest absolute Gasteiger partial charge is 0.286 e. The molecule has 0 atom stereocenters. The van der Waals surface area contributed by atoms with E-state index in [2.05, 4.69) is 5.10 Å². The van der Waals surface area contributed by atoms with Crippen LogP contribution in [-0.4, -0.2) is 15.6 Å². The fourth-order valence-corrected chi connectivity index (χ4v) is 2.46. The van der Waals surface area contributed by atoms with Gasteiger partial charge in [-0.3, -0.25) is 9.48 Å². The van der Waals surface area contributed by atoms with Crippen LogP contribution >= 0.6 is 22.9 Å². The highest BCUT2D eigenvalue weighted by Crippen LogP contribution is 2.28. The number of nitrogens with zero attached hydrogens (tertiary/aromatic N) is 2. The summed E-state index contributed by atoms with van der Waals surface area (Å²) in [5.41, 5.74) is 1.36. The van der Waals surface area contributed by atoms with Crippen molar-refractivity contribution >= 4 is 28.7 Å². The van der Waals surface area contributed by atoms with Crippen LogP contribution in [0.15, 0.2) is 17.6 Å². The molecule has 0 fully saturated rings. The summed E-state index contributed by atoms with van der Waals surface area (Å²) in [4.78, 5) is 12.5. The number of ketones is 1. The molecule has 0 radical (unpaired) electrons. The number of aryl methyl sites for hydroxylation is 2. The van der Waals surface area contributed by atoms with Crippen molar-refractivity contribution in [2.24, 2.45) is 7.05 Å². The number of hydrogen-bond donors (Lipinski definition) is 0. The van der Waals surface area contributed by atoms with Crippen LogP contribution in [0.3, 0.4) is 0 Å². The van der Waals surface area contributed by atoms with E-state index < -0.39 is 0 Å². The van der Waals surface area contributed by atoms with Crippen molar-refractivity contribution < 1.29 is 4.79 Å². The Labute approximate surface area is 96.3 Å². The summed E-state index contributed by atoms with van der Waals surface area (Å²) >= 11 is 7.37. The fraction of sp³-hybridized carbons (Fsp3) is 0.200. The smallest absolute Gasteiger partial charge is 0.224 e. The Hall–Kier alpha value is -1.13. The van der Waals surface area contributed by atoms with Gasteiger partial charge in [-0.05, 0) is 23.9 Å². The second-order valence-corrected chi connectivity index (χ2v) is 4.52. The fourth-order valence-electron chi connectivity index (χ4n) is 1.24. The Morgan fingerprint density at radius 2 is 2.33 bits per heavy atom. The van der Waals surface area contributed by atoms with E-state index in [4.69, 9.17) is 11.6 Å². The molecular formula is C10H9ClN2OS. The van der Waals surface area contributed by atoms with E-state index in [0.717, 1.165) is 5.56 Å². The summed E-state index contributed by atoms with van der Waals surface area (Å²) in [6, 6.07) is 1.69. The van der Waals surface area contributed by atoms with Crippen molar-refractivity contribution in [1.29, 1.82) is 0 Å². The minimum Gasteiger partial charge on any atom is -0.286 e. The second-order valence-electron chi connectivity index (χ2n) is 3.27. The van der Waals surface area contributed by atoms with E-state index in [-0.39, 0.29) is 5.78 Å². The van der Waals surface area contributed by atoms with Gasteiger partial charge in [-0.1, -0.05) is 11.6 Å². The third-order valence-electron chi connectivity index (χ3n) is 2.05. The molecule has 2 aromatic heterocycles. The van der Waals surface area contributed by atoms with Crippen molar-refractivity contribution in [3.8, 4) is 0 Å². The average Bonchev–Trinajstić information content (AvgIpc) is 2.75. The summed E-state index contributed by atoms with van der Waals surface area (Å²) in [5.74, 6) is -0.112. The van der Waals surface area contributed by atoms with Crippen LogP contribution in [0.2, 0.25) is 5.02 Å². The normalized spacial score (nSPS) is 10.6. The molecular weight excluding hydrogens is 232 g/mol. The summed E-state index contributed by atoms with van der Waals surface area (Å²) in [5, 5.41) is 6.46. The van der Waals surface area contributed by atoms with E-state index >= 15 is 0 Å². The van der Waals surface area contributed by atoms with Gasteiger partial charge in [0.25, 0.3) is 0 Å². The first-order chi connectivity index (χ1) is 7.09. The van der Waals surface area contributed by atoms with Crippen molar-refractivity contribution in [1.82, 2.24) is 9.78 Å². The predicted octanol–water partition coefficient (Wildman–Crippen LogP) is 2.67. The Morgan fingerprint density at radius 1 is 1.60 bits per heavy atom. The van der Waals surface area contributed by atoms with Gasteiger partial charge in [-0.15, -0.1) is 11.3 Å². The van der Waals surface area contributed by atoms with Gasteiger partial charge < -0.3 is 0 Å². The van der Waals surface area contributed by atoms with Gasteiger partial charge in [-0.25, -0.2) is 0 Å². The molecule has 78 valence electrons. The van der Waals surface area contributed by atoms with Crippen LogP contribution in [0.4, 0.5) is 0 Å². The Bertz CT molecular complexity index is 515. The van der Waals surface area contributed by atoms with Gasteiger partial charge in [0.2, 0.25) is 5.78 Å². The minimum absolute atomic E-state index is 0.112. The lowest BCUT2D eigenvalue weighted by molar-refractivity contribution is 0.103. The van der Waals surface area contributed by atoms with Crippen LogP contribution in [0, 0.1) is 6.92 Å². The lowest BCUT2D eigenvalue weighted by Crippen LogP contribution is -2.01. The van der Waals surface area contributed by atoms with Gasteiger partial charge in [-0.2, -0.15) is 5.10 Å². The first-order valence-electron chi connectivity index (χ1n) is 4.37. The molecule has 2 rings (SSSR count). The molecule has 0 spiro atoms. The lowest BCUT2D eigenvalue weighted by atomic mass is 10.2. The van der Waals surface area contributed by atoms with E-state index in [9.17, 15) is 4.79 Å². The number of hydrogen-bond acceptors (Lipinski definition) is 3. The molecule has 2 heterocycles. The first kappa shape index (κ1) is 10.4. The number of rotatable bonds is 2. The molecule has 0 saturated carbocycles. The van der Waals surface area contributed by atoms with Crippen LogP contribution in [0.5, 0.6) is 0 Å². The first-order valence-corrected chi connectivity index (χ1v) is 5.63. The van der Waals surface area contributed by atoms with E-state index in [1.54, 1.807) is 24.0 Å². The average molecular weight is 241 g/mol. The molecule has 2 aromatic rings. The van der Waals surface area contributed by atoms with Gasteiger partial charge in [0, 0.05) is 13.2 Å². The molecule has 0 N–H and O–H groups in total. The molecule has 5 heteroatoms. The van der Waals surface area contributed by atoms with Gasteiger partial charge >= 0.3 is 0 Å². The summed E-state index contributed by atoms with van der Waals surface area (Å²) in [6.45, 7) is 1.88. The molecule has 0 aliphatic heterocycles. The van der Waals surface area contributed by atoms with Crippen molar-refractivity contribution in [3.63, 3.8) is 0 Å². The van der Waals surface area contributed by atoms with Crippen molar-refractivity contribution in [3.05, 3.63) is 38.8 Å². The third-order valence-corrected chi connectivity index (χ3v) is 3.75. The zero-order valence-electron chi connectivity index (χ0n) is 8.32. The molecule has 0 bridgehead atoms. The maximum Gasteiger partial charge on any atom is 0.224 e. The van der Waals surface area contributed by atoms with Crippen molar-refractivity contribution in [2.45, 2.75) is 6.92 Å². The standard InChI is InChI=1S/C10H9ClN2OS/c1-6-5-15-10(8(6)11)9(14)7-3-4-13(2)12-7/h3-5H,1-2H3. The molecule has 0 aliphatic carbocycles. The number of carbonyl (C=O) groups is 1. The Balaban J connectivity index is 2.41. The van der Waals surface area contributed by atoms with E-state index in [0.29, 0.717) is 15.6 Å². The summed E-state index contributed by atoms with van der Waals surface area (Å²) in [6.07, 6.45) is 1.74. The number of thiophene rings is 1. The Kier molecular flexibility index (Phi) is 2.63. The van der Waals surface area contributed by atoms with Crippen LogP contribution in [0.1, 0.15) is 20.9 Å². The van der Waals surface area contributed by atoms with Crippen molar-refractivity contribution in [2.75, 3.05) is 0 Å². The zero-order valence-corrected chi connectivity index (χ0v) is 9.89. The zero-order chi connectivity index (χ0) is 11.0. The van der Waals surface area contributed by atoms with Gasteiger partial charge in [0.15, 0.2) is 0 Å². The molecule has 0 unspecified atom stereocenters. The molecule has 3 nitrogen and oxygen atoms in total. The number of carbonyl (C=O) groups excluding carboxylic acids is 1. The molecule has 0 aliphatic rings. The van der Waals surface area contributed by atoms with Crippen LogP contribution in [-0.2, 0) is 7.05 Å². The van der Waals surface area contributed by atoms with E-state index in [1.807, 2.05) is 12.3 Å². The maximum atomic E-state index is 11.9. The highest BCUT2D eigenvalue weighted by Gasteiger charge is 2.18. The minimum atomic E-state index is -0.112. The van der Waals surface area contributed by atoms with E-state index in [1.165, 1.54) is 11.3 Å². The third kappa shape index (κ3) is 1.82. The van der Waals surface area contributed by atoms with Crippen LogP contribution in [0.25, 0.3) is 0 Å². The Morgan fingerprint density at radius 3 is 2.80 bits per heavy atom. The number of aromatic nitrogens is 2.